The van der Waals surface area contributed by atoms with Crippen molar-refractivity contribution in [2.75, 3.05) is 20.6 Å². The smallest absolute Gasteiger partial charge is 0.242 e. The normalized spacial score (nSPS) is 17.4. The van der Waals surface area contributed by atoms with Crippen LogP contribution >= 0.6 is 11.3 Å². The summed E-state index contributed by atoms with van der Waals surface area (Å²) in [7, 11) is 0.448. The Bertz CT molecular complexity index is 577. The molecule has 120 valence electrons. The van der Waals surface area contributed by atoms with Crippen molar-refractivity contribution in [2.45, 2.75) is 50.2 Å². The van der Waals surface area contributed by atoms with Crippen LogP contribution in [0.1, 0.15) is 30.2 Å². The Morgan fingerprint density at radius 3 is 2.67 bits per heavy atom. The van der Waals surface area contributed by atoms with Crippen molar-refractivity contribution in [3.8, 4) is 0 Å². The van der Waals surface area contributed by atoms with Gasteiger partial charge in [0.05, 0.1) is 0 Å². The maximum atomic E-state index is 12.6. The third-order valence-electron chi connectivity index (χ3n) is 3.84. The van der Waals surface area contributed by atoms with E-state index in [9.17, 15) is 8.42 Å². The monoisotopic (exact) mass is 331 g/mol. The van der Waals surface area contributed by atoms with Gasteiger partial charge in [-0.3, -0.25) is 0 Å². The quantitative estimate of drug-likeness (QED) is 0.758. The molecule has 0 aromatic carbocycles. The molecule has 0 bridgehead atoms. The fraction of sp³-hybridized carbons (Fsp3) is 0.714. The molecule has 1 fully saturated rings. The molecule has 0 saturated heterocycles. The molecule has 1 saturated carbocycles. The predicted octanol–water partition coefficient (Wildman–Crippen LogP) is 1.54. The van der Waals surface area contributed by atoms with Crippen LogP contribution in [0.2, 0.25) is 0 Å². The van der Waals surface area contributed by atoms with E-state index in [4.69, 9.17) is 0 Å². The first-order valence-corrected chi connectivity index (χ1v) is 9.64. The molecule has 5 nitrogen and oxygen atoms in total. The lowest BCUT2D eigenvalue weighted by atomic mass is 10.3. The molecular formula is C14H25N3O2S2. The minimum absolute atomic E-state index is 0.159. The first kappa shape index (κ1) is 16.9. The zero-order valence-corrected chi connectivity index (χ0v) is 14.8. The maximum Gasteiger partial charge on any atom is 0.242 e. The number of nitrogens with one attached hydrogen (secondary N) is 2. The molecule has 21 heavy (non-hydrogen) atoms. The number of thiophene rings is 1. The van der Waals surface area contributed by atoms with Crippen LogP contribution in [-0.2, 0) is 16.6 Å². The summed E-state index contributed by atoms with van der Waals surface area (Å²) in [6.07, 6.45) is 2.40. The van der Waals surface area contributed by atoms with E-state index in [1.54, 1.807) is 0 Å². The molecule has 1 heterocycles. The van der Waals surface area contributed by atoms with Gasteiger partial charge in [0, 0.05) is 30.1 Å². The highest BCUT2D eigenvalue weighted by atomic mass is 32.2. The van der Waals surface area contributed by atoms with Gasteiger partial charge in [-0.25, -0.2) is 13.1 Å². The fourth-order valence-corrected chi connectivity index (χ4v) is 4.86. The Labute approximate surface area is 131 Å². The maximum absolute atomic E-state index is 12.6. The summed E-state index contributed by atoms with van der Waals surface area (Å²) >= 11 is 1.52. The van der Waals surface area contributed by atoms with Crippen LogP contribution in [0.3, 0.4) is 0 Å². The van der Waals surface area contributed by atoms with Gasteiger partial charge in [-0.2, -0.15) is 0 Å². The number of hydrogen-bond acceptors (Lipinski definition) is 5. The minimum Gasteiger partial charge on any atom is -0.309 e. The fourth-order valence-electron chi connectivity index (χ4n) is 1.98. The van der Waals surface area contributed by atoms with Gasteiger partial charge in [-0.15, -0.1) is 11.3 Å². The van der Waals surface area contributed by atoms with Gasteiger partial charge in [0.1, 0.15) is 4.90 Å². The molecule has 7 heteroatoms. The molecule has 0 amide bonds. The highest BCUT2D eigenvalue weighted by molar-refractivity contribution is 7.89. The van der Waals surface area contributed by atoms with Crippen LogP contribution in [-0.4, -0.2) is 46.0 Å². The van der Waals surface area contributed by atoms with Crippen molar-refractivity contribution < 1.29 is 8.42 Å². The predicted molar refractivity (Wildman–Crippen MR) is 87.3 cm³/mol. The molecule has 0 radical (unpaired) electrons. The van der Waals surface area contributed by atoms with Gasteiger partial charge >= 0.3 is 0 Å². The van der Waals surface area contributed by atoms with Gasteiger partial charge < -0.3 is 10.2 Å². The Balaban J connectivity index is 2.08. The number of aryl methyl sites for hydroxylation is 1. The lowest BCUT2D eigenvalue weighted by molar-refractivity contribution is 0.314. The molecule has 0 spiro atoms. The highest BCUT2D eigenvalue weighted by Gasteiger charge is 2.26. The van der Waals surface area contributed by atoms with Crippen LogP contribution < -0.4 is 10.0 Å². The van der Waals surface area contributed by atoms with Crippen molar-refractivity contribution >= 4 is 21.4 Å². The lowest BCUT2D eigenvalue weighted by Crippen LogP contribution is -2.38. The molecule has 0 aliphatic heterocycles. The molecule has 1 atom stereocenters. The summed E-state index contributed by atoms with van der Waals surface area (Å²) in [5.74, 6) is 0. The van der Waals surface area contributed by atoms with Crippen LogP contribution in [0.15, 0.2) is 10.3 Å². The van der Waals surface area contributed by atoms with Gasteiger partial charge in [0.15, 0.2) is 0 Å². The average Bonchev–Trinajstić information content (AvgIpc) is 3.16. The van der Waals surface area contributed by atoms with E-state index >= 15 is 0 Å². The van der Waals surface area contributed by atoms with Crippen LogP contribution in [0.25, 0.3) is 0 Å². The second-order valence-corrected chi connectivity index (χ2v) is 8.66. The third-order valence-corrected chi connectivity index (χ3v) is 6.72. The van der Waals surface area contributed by atoms with Crippen molar-refractivity contribution in [1.82, 2.24) is 14.9 Å². The number of hydrogen-bond donors (Lipinski definition) is 2. The second kappa shape index (κ2) is 6.75. The summed E-state index contributed by atoms with van der Waals surface area (Å²) in [5, 5.41) is 5.32. The highest BCUT2D eigenvalue weighted by Crippen LogP contribution is 2.28. The SMILES string of the molecule is Cc1csc(CNC2CC2)c1S(=O)(=O)NCC(C)N(C)C. The van der Waals surface area contributed by atoms with Crippen molar-refractivity contribution in [3.05, 3.63) is 15.8 Å². The standard InChI is InChI=1S/C14H25N3O2S2/c1-10-9-20-13(8-15-12-5-6-12)14(10)21(18,19)16-7-11(2)17(3)4/h9,11-12,15-16H,5-8H2,1-4H3. The molecule has 2 rings (SSSR count). The summed E-state index contributed by atoms with van der Waals surface area (Å²) in [4.78, 5) is 3.37. The summed E-state index contributed by atoms with van der Waals surface area (Å²) in [6.45, 7) is 4.92. The van der Waals surface area contributed by atoms with E-state index in [1.807, 2.05) is 38.2 Å². The number of sulfonamides is 1. The van der Waals surface area contributed by atoms with Gasteiger partial charge in [-0.1, -0.05) is 0 Å². The number of rotatable bonds is 8. The summed E-state index contributed by atoms with van der Waals surface area (Å²) in [6, 6.07) is 0.733. The van der Waals surface area contributed by atoms with E-state index in [0.29, 0.717) is 24.0 Å². The average molecular weight is 332 g/mol. The van der Waals surface area contributed by atoms with E-state index in [2.05, 4.69) is 10.0 Å². The van der Waals surface area contributed by atoms with Crippen LogP contribution in [0.5, 0.6) is 0 Å². The van der Waals surface area contributed by atoms with Crippen molar-refractivity contribution in [1.29, 1.82) is 0 Å². The number of nitrogens with zero attached hydrogens (tertiary/aromatic N) is 1. The molecule has 1 aliphatic carbocycles. The second-order valence-electron chi connectivity index (χ2n) is 5.99. The van der Waals surface area contributed by atoms with Crippen LogP contribution in [0, 0.1) is 6.92 Å². The van der Waals surface area contributed by atoms with Crippen molar-refractivity contribution in [3.63, 3.8) is 0 Å². The molecular weight excluding hydrogens is 306 g/mol. The summed E-state index contributed by atoms with van der Waals surface area (Å²) < 4.78 is 27.9. The van der Waals surface area contributed by atoms with Gasteiger partial charge in [0.25, 0.3) is 0 Å². The Morgan fingerprint density at radius 2 is 2.10 bits per heavy atom. The van der Waals surface area contributed by atoms with Crippen LogP contribution in [0.4, 0.5) is 0 Å². The lowest BCUT2D eigenvalue weighted by Gasteiger charge is -2.20. The summed E-state index contributed by atoms with van der Waals surface area (Å²) in [5.41, 5.74) is 0.831. The van der Waals surface area contributed by atoms with Crippen molar-refractivity contribution in [2.24, 2.45) is 0 Å². The molecule has 1 aromatic heterocycles. The third kappa shape index (κ3) is 4.50. The molecule has 2 N–H and O–H groups in total. The Hall–Kier alpha value is -0.470. The van der Waals surface area contributed by atoms with E-state index in [-0.39, 0.29) is 6.04 Å². The topological polar surface area (TPSA) is 61.4 Å². The molecule has 1 aliphatic rings. The Kier molecular flexibility index (Phi) is 5.43. The van der Waals surface area contributed by atoms with E-state index < -0.39 is 10.0 Å². The van der Waals surface area contributed by atoms with E-state index in [1.165, 1.54) is 24.2 Å². The minimum atomic E-state index is -3.44. The molecule has 1 unspecified atom stereocenters. The molecule has 1 aromatic rings. The first-order chi connectivity index (χ1) is 9.81. The number of likely N-dealkylation sites (N-methyl/N-ethyl adjacent to an activating group) is 1. The van der Waals surface area contributed by atoms with Gasteiger partial charge in [-0.05, 0) is 51.7 Å². The van der Waals surface area contributed by atoms with E-state index in [0.717, 1.165) is 10.4 Å². The Morgan fingerprint density at radius 1 is 1.43 bits per heavy atom. The zero-order chi connectivity index (χ0) is 15.6. The largest absolute Gasteiger partial charge is 0.309 e. The van der Waals surface area contributed by atoms with Gasteiger partial charge in [0.2, 0.25) is 10.0 Å². The zero-order valence-electron chi connectivity index (χ0n) is 13.1. The first-order valence-electron chi connectivity index (χ1n) is 7.27.